The second-order valence-corrected chi connectivity index (χ2v) is 7.74. The third-order valence-electron chi connectivity index (χ3n) is 5.74. The minimum absolute atomic E-state index is 0.109. The van der Waals surface area contributed by atoms with Crippen LogP contribution in [0.3, 0.4) is 0 Å². The number of amides is 2. The van der Waals surface area contributed by atoms with Gasteiger partial charge in [-0.2, -0.15) is 0 Å². The highest BCUT2D eigenvalue weighted by molar-refractivity contribution is 6.15. The van der Waals surface area contributed by atoms with Gasteiger partial charge >= 0.3 is 0 Å². The Morgan fingerprint density at radius 3 is 2.03 bits per heavy atom. The summed E-state index contributed by atoms with van der Waals surface area (Å²) < 4.78 is 16.0. The number of aryl methyl sites for hydroxylation is 1. The molecule has 0 aliphatic carbocycles. The molecular weight excluding hydrogens is 420 g/mol. The summed E-state index contributed by atoms with van der Waals surface area (Å²) in [7, 11) is 4.66. The van der Waals surface area contributed by atoms with Crippen molar-refractivity contribution in [3.63, 3.8) is 0 Å². The minimum atomic E-state index is -0.841. The Morgan fingerprint density at radius 2 is 1.42 bits per heavy atom. The molecule has 0 N–H and O–H groups in total. The van der Waals surface area contributed by atoms with Crippen molar-refractivity contribution in [2.75, 3.05) is 37.7 Å². The fourth-order valence-corrected chi connectivity index (χ4v) is 3.98. The predicted molar refractivity (Wildman–Crippen MR) is 126 cm³/mol. The first-order valence-corrected chi connectivity index (χ1v) is 10.5. The number of rotatable bonds is 6. The summed E-state index contributed by atoms with van der Waals surface area (Å²) in [6.07, 6.45) is 0. The molecule has 7 heteroatoms. The number of methoxy groups -OCH3 is 3. The number of carbonyl (C=O) groups excluding carboxylic acids is 2. The first kappa shape index (κ1) is 22.2. The van der Waals surface area contributed by atoms with Crippen LogP contribution in [0.5, 0.6) is 17.2 Å². The van der Waals surface area contributed by atoms with Crippen LogP contribution < -0.4 is 24.0 Å². The van der Waals surface area contributed by atoms with Crippen molar-refractivity contribution in [1.82, 2.24) is 0 Å². The molecule has 0 saturated carbocycles. The molecule has 0 aromatic heterocycles. The highest BCUT2D eigenvalue weighted by atomic mass is 16.5. The normalized spacial score (nSPS) is 16.1. The Morgan fingerprint density at radius 1 is 0.788 bits per heavy atom. The Balaban J connectivity index is 1.81. The van der Waals surface area contributed by atoms with E-state index in [9.17, 15) is 9.59 Å². The topological polar surface area (TPSA) is 68.3 Å². The van der Waals surface area contributed by atoms with Crippen LogP contribution in [0.25, 0.3) is 0 Å². The highest BCUT2D eigenvalue weighted by Gasteiger charge is 2.42. The Labute approximate surface area is 193 Å². The van der Waals surface area contributed by atoms with E-state index in [2.05, 4.69) is 0 Å². The number of piperazine rings is 1. The van der Waals surface area contributed by atoms with Crippen LogP contribution in [0.4, 0.5) is 11.4 Å². The first-order chi connectivity index (χ1) is 16.0. The average Bonchev–Trinajstić information content (AvgIpc) is 2.85. The second kappa shape index (κ2) is 9.24. The monoisotopic (exact) mass is 446 g/mol. The largest absolute Gasteiger partial charge is 0.497 e. The van der Waals surface area contributed by atoms with Crippen LogP contribution in [0.1, 0.15) is 17.2 Å². The van der Waals surface area contributed by atoms with E-state index in [-0.39, 0.29) is 18.4 Å². The van der Waals surface area contributed by atoms with Gasteiger partial charge < -0.3 is 14.2 Å². The van der Waals surface area contributed by atoms with E-state index < -0.39 is 6.04 Å². The molecule has 2 amide bonds. The van der Waals surface area contributed by atoms with Gasteiger partial charge in [-0.25, -0.2) is 0 Å². The van der Waals surface area contributed by atoms with Crippen LogP contribution in [0, 0.1) is 6.92 Å². The highest BCUT2D eigenvalue weighted by Crippen LogP contribution is 2.39. The van der Waals surface area contributed by atoms with Gasteiger partial charge in [-0.05, 0) is 48.9 Å². The molecule has 1 aliphatic rings. The minimum Gasteiger partial charge on any atom is -0.497 e. The van der Waals surface area contributed by atoms with E-state index in [4.69, 9.17) is 14.2 Å². The fraction of sp³-hybridized carbons (Fsp3) is 0.231. The molecule has 1 atom stereocenters. The number of benzene rings is 3. The van der Waals surface area contributed by atoms with Crippen molar-refractivity contribution in [3.05, 3.63) is 77.9 Å². The number of nitrogens with zero attached hydrogens (tertiary/aromatic N) is 2. The van der Waals surface area contributed by atoms with Crippen molar-refractivity contribution < 1.29 is 23.8 Å². The molecule has 1 fully saturated rings. The van der Waals surface area contributed by atoms with Gasteiger partial charge in [-0.15, -0.1) is 0 Å². The third-order valence-corrected chi connectivity index (χ3v) is 5.74. The fourth-order valence-electron chi connectivity index (χ4n) is 3.98. The summed E-state index contributed by atoms with van der Waals surface area (Å²) in [5, 5.41) is 0. The number of ether oxygens (including phenoxy) is 3. The maximum Gasteiger partial charge on any atom is 0.255 e. The first-order valence-electron chi connectivity index (χ1n) is 10.5. The molecule has 7 nitrogen and oxygen atoms in total. The Kier molecular flexibility index (Phi) is 6.22. The van der Waals surface area contributed by atoms with Gasteiger partial charge in [0.05, 0.1) is 27.0 Å². The van der Waals surface area contributed by atoms with Gasteiger partial charge in [0, 0.05) is 11.8 Å². The molecule has 4 rings (SSSR count). The van der Waals surface area contributed by atoms with Crippen LogP contribution in [-0.2, 0) is 9.59 Å². The zero-order valence-electron chi connectivity index (χ0n) is 19.1. The van der Waals surface area contributed by atoms with E-state index in [1.807, 2.05) is 43.3 Å². The SMILES string of the molecule is COc1ccc([C@H]2C(=O)N(c3ccc(OC)cc3OC)CC(=O)N2c2ccc(C)cc2)cc1. The van der Waals surface area contributed by atoms with Gasteiger partial charge in [0.1, 0.15) is 29.8 Å². The van der Waals surface area contributed by atoms with E-state index >= 15 is 0 Å². The lowest BCUT2D eigenvalue weighted by atomic mass is 9.99. The molecular formula is C26H26N2O5. The van der Waals surface area contributed by atoms with Crippen LogP contribution in [0.15, 0.2) is 66.7 Å². The summed E-state index contributed by atoms with van der Waals surface area (Å²) in [5.74, 6) is 1.29. The molecule has 0 spiro atoms. The summed E-state index contributed by atoms with van der Waals surface area (Å²) in [6, 6.07) is 19.1. The maximum absolute atomic E-state index is 13.9. The molecule has 1 heterocycles. The molecule has 0 bridgehead atoms. The van der Waals surface area contributed by atoms with Crippen molar-refractivity contribution >= 4 is 23.2 Å². The van der Waals surface area contributed by atoms with Crippen molar-refractivity contribution in [1.29, 1.82) is 0 Å². The quantitative estimate of drug-likeness (QED) is 0.569. The summed E-state index contributed by atoms with van der Waals surface area (Å²) in [5.41, 5.74) is 2.94. The van der Waals surface area contributed by atoms with Gasteiger partial charge in [0.2, 0.25) is 5.91 Å². The molecule has 3 aromatic carbocycles. The zero-order chi connectivity index (χ0) is 23.5. The van der Waals surface area contributed by atoms with E-state index in [1.54, 1.807) is 49.5 Å². The molecule has 170 valence electrons. The molecule has 1 aliphatic heterocycles. The maximum atomic E-state index is 13.9. The third kappa shape index (κ3) is 4.22. The van der Waals surface area contributed by atoms with Crippen LogP contribution in [-0.4, -0.2) is 39.7 Å². The second-order valence-electron chi connectivity index (χ2n) is 7.74. The van der Waals surface area contributed by atoms with Crippen molar-refractivity contribution in [2.24, 2.45) is 0 Å². The Bertz CT molecular complexity index is 1160. The van der Waals surface area contributed by atoms with Crippen molar-refractivity contribution in [3.8, 4) is 17.2 Å². The molecule has 0 radical (unpaired) electrons. The van der Waals surface area contributed by atoms with Gasteiger partial charge in [-0.1, -0.05) is 29.8 Å². The number of hydrogen-bond acceptors (Lipinski definition) is 5. The lowest BCUT2D eigenvalue weighted by Crippen LogP contribution is -2.56. The predicted octanol–water partition coefficient (Wildman–Crippen LogP) is 4.14. The average molecular weight is 447 g/mol. The van der Waals surface area contributed by atoms with E-state index in [1.165, 1.54) is 12.0 Å². The standard InChI is InChI=1S/C26H26N2O5/c1-17-5-9-19(10-6-17)28-24(29)16-27(22-14-13-21(32-3)15-23(22)33-4)26(30)25(28)18-7-11-20(31-2)12-8-18/h5-15,25H,16H2,1-4H3/t25-/m0/s1. The van der Waals surface area contributed by atoms with E-state index in [0.29, 0.717) is 34.2 Å². The smallest absolute Gasteiger partial charge is 0.255 e. The Hall–Kier alpha value is -4.00. The molecule has 1 saturated heterocycles. The molecule has 0 unspecified atom stereocenters. The lowest BCUT2D eigenvalue weighted by Gasteiger charge is -2.40. The summed E-state index contributed by atoms with van der Waals surface area (Å²) in [6.45, 7) is 1.87. The number of anilines is 2. The molecule has 3 aromatic rings. The zero-order valence-corrected chi connectivity index (χ0v) is 19.1. The summed E-state index contributed by atoms with van der Waals surface area (Å²) >= 11 is 0. The molecule has 33 heavy (non-hydrogen) atoms. The van der Waals surface area contributed by atoms with Crippen molar-refractivity contribution in [2.45, 2.75) is 13.0 Å². The van der Waals surface area contributed by atoms with E-state index in [0.717, 1.165) is 5.56 Å². The summed E-state index contributed by atoms with van der Waals surface area (Å²) in [4.78, 5) is 30.4. The van der Waals surface area contributed by atoms with Gasteiger partial charge in [0.15, 0.2) is 0 Å². The van der Waals surface area contributed by atoms with Gasteiger partial charge in [-0.3, -0.25) is 19.4 Å². The van der Waals surface area contributed by atoms with Crippen LogP contribution in [0.2, 0.25) is 0 Å². The van der Waals surface area contributed by atoms with Crippen LogP contribution >= 0.6 is 0 Å². The number of carbonyl (C=O) groups is 2. The van der Waals surface area contributed by atoms with Gasteiger partial charge in [0.25, 0.3) is 5.91 Å². The lowest BCUT2D eigenvalue weighted by molar-refractivity contribution is -0.128. The number of hydrogen-bond donors (Lipinski definition) is 0.